The van der Waals surface area contributed by atoms with E-state index in [4.69, 9.17) is 5.53 Å². The number of azide groups is 1. The van der Waals surface area contributed by atoms with Crippen molar-refractivity contribution in [3.05, 3.63) is 10.4 Å². The van der Waals surface area contributed by atoms with Gasteiger partial charge in [-0.3, -0.25) is 0 Å². The minimum atomic E-state index is -10.9. The fourth-order valence-electron chi connectivity index (χ4n) is 0.864. The smallest absolute Gasteiger partial charge is 1.00 e. The molecular formula is C8K5MoN11. The first-order valence-corrected chi connectivity index (χ1v) is 12.9. The Balaban J connectivity index is -0.000000180. The van der Waals surface area contributed by atoms with Crippen molar-refractivity contribution in [2.45, 2.75) is 0 Å². The summed E-state index contributed by atoms with van der Waals surface area (Å²) in [6.45, 7) is 0. The molecule has 0 spiro atoms. The van der Waals surface area contributed by atoms with E-state index >= 15 is 0 Å². The molecule has 0 bridgehead atoms. The number of hydrogen-bond acceptors (Lipinski definition) is 9. The SMILES string of the molecule is N#[C][Mo-5]([C]#N)([C]#N)([C]#N)([C]#N)([C]#N)([C]#N)([C]#N)[N]=[N+]=[N-].[K+].[K+].[K+].[K+].[K+]. The molecule has 0 heterocycles. The van der Waals surface area contributed by atoms with Crippen LogP contribution < -0.4 is 257 Å². The van der Waals surface area contributed by atoms with Crippen molar-refractivity contribution in [1.82, 2.24) is 0 Å². The Morgan fingerprint density at radius 2 is 0.680 bits per heavy atom. The van der Waals surface area contributed by atoms with Crippen molar-refractivity contribution in [3.63, 3.8) is 0 Å². The predicted molar refractivity (Wildman–Crippen MR) is 54.0 cm³/mol. The summed E-state index contributed by atoms with van der Waals surface area (Å²) in [5.41, 5.74) is 8.56. The van der Waals surface area contributed by atoms with E-state index < -0.39 is 10.1 Å². The second-order valence-electron chi connectivity index (χ2n) is 4.49. The van der Waals surface area contributed by atoms with E-state index in [-0.39, 0.29) is 257 Å². The first kappa shape index (κ1) is 43.1. The summed E-state index contributed by atoms with van der Waals surface area (Å²) >= 11 is 0. The van der Waals surface area contributed by atoms with Gasteiger partial charge in [-0.1, -0.05) is 0 Å². The van der Waals surface area contributed by atoms with Gasteiger partial charge in [0.25, 0.3) is 0 Å². The molecule has 0 saturated heterocycles. The molecule has 0 aromatic rings. The fraction of sp³-hybridized carbons (Fsp3) is 0. The van der Waals surface area contributed by atoms with Gasteiger partial charge in [0, 0.05) is 0 Å². The molecule has 0 saturated carbocycles. The average Bonchev–Trinajstić information content (AvgIpc) is 2.58. The van der Waals surface area contributed by atoms with Crippen LogP contribution >= 0.6 is 0 Å². The third-order valence-corrected chi connectivity index (χ3v) is 19.2. The first-order chi connectivity index (χ1) is 8.99. The molecular weight excluding hydrogens is 542 g/mol. The second kappa shape index (κ2) is 8.22. The largest absolute Gasteiger partial charge is 1.00 e. The molecule has 0 N–H and O–H groups in total. The molecule has 0 aromatic heterocycles. The van der Waals surface area contributed by atoms with Gasteiger partial charge in [-0.2, -0.15) is 0 Å². The Kier molecular flexibility index (Phi) is 14.2. The van der Waals surface area contributed by atoms with Crippen LogP contribution in [0.15, 0.2) is 3.67 Å². The topological polar surface area (TPSA) is 239 Å². The second-order valence-corrected chi connectivity index (χ2v) is 26.1. The van der Waals surface area contributed by atoms with Crippen LogP contribution in [-0.2, 0) is 10.1 Å². The molecule has 0 aliphatic rings. The van der Waals surface area contributed by atoms with E-state index in [1.165, 1.54) is 0 Å². The number of hydrogen-bond donors (Lipinski definition) is 0. The molecule has 25 heavy (non-hydrogen) atoms. The molecule has 0 aromatic carbocycles. The van der Waals surface area contributed by atoms with Crippen LogP contribution in [0.1, 0.15) is 0 Å². The van der Waals surface area contributed by atoms with Gasteiger partial charge in [-0.05, 0) is 0 Å². The van der Waals surface area contributed by atoms with Gasteiger partial charge in [0.2, 0.25) is 0 Å². The van der Waals surface area contributed by atoms with E-state index in [1.807, 2.05) is 4.91 Å². The number of nitrogens with zero attached hydrogens (tertiary/aromatic N) is 11. The Labute approximate surface area is 347 Å². The number of rotatable bonds is 1. The normalized spacial score (nSPS) is 15.1. The van der Waals surface area contributed by atoms with Crippen LogP contribution in [0.5, 0.6) is 0 Å². The van der Waals surface area contributed by atoms with Crippen LogP contribution in [0, 0.1) is 77.8 Å². The molecule has 0 fully saturated rings. The minimum absolute atomic E-state index is 0. The third-order valence-electron chi connectivity index (χ3n) is 3.25. The Hall–Kier alpha value is 4.10. The monoisotopic (exact) mass is 543 g/mol. The van der Waals surface area contributed by atoms with Gasteiger partial charge >= 0.3 is 359 Å². The summed E-state index contributed by atoms with van der Waals surface area (Å²) in [6.07, 6.45) is 0. The molecule has 0 rings (SSSR count). The maximum atomic E-state index is 9.36. The summed E-state index contributed by atoms with van der Waals surface area (Å²) in [6, 6.07) is 0. The Morgan fingerprint density at radius 3 is 0.720 bits per heavy atom. The summed E-state index contributed by atoms with van der Waals surface area (Å²) in [5.74, 6) is 0. The van der Waals surface area contributed by atoms with Gasteiger partial charge in [0.05, 0.1) is 0 Å². The minimum Gasteiger partial charge on any atom is 1.00 e. The zero-order valence-corrected chi connectivity index (χ0v) is 32.0. The Morgan fingerprint density at radius 1 is 0.520 bits per heavy atom. The van der Waals surface area contributed by atoms with Crippen LogP contribution in [0.2, 0.25) is 0 Å². The molecule has 0 atom stereocenters. The molecule has 0 amide bonds. The maximum Gasteiger partial charge on any atom is 1.00 e. The molecule has 0 radical (unpaired) electrons. The summed E-state index contributed by atoms with van der Waals surface area (Å²) in [7, 11) is -10.9. The van der Waals surface area contributed by atoms with Gasteiger partial charge in [-0.25, -0.2) is 0 Å². The average molecular weight is 542 g/mol. The maximum absolute atomic E-state index is 10.9. The molecule has 98 valence electrons. The first-order valence-electron chi connectivity index (χ1n) is 4.00. The van der Waals surface area contributed by atoms with E-state index in [2.05, 4.69) is 3.67 Å². The molecule has 17 heteroatoms. The van der Waals surface area contributed by atoms with E-state index in [0.29, 0.717) is 35.7 Å². The van der Waals surface area contributed by atoms with Gasteiger partial charge in [-0.15, -0.1) is 0 Å². The van der Waals surface area contributed by atoms with Gasteiger partial charge in [0.1, 0.15) is 0 Å². The van der Waals surface area contributed by atoms with Crippen molar-refractivity contribution in [2.24, 2.45) is 3.67 Å². The molecule has 11 nitrogen and oxygen atoms in total. The van der Waals surface area contributed by atoms with Gasteiger partial charge < -0.3 is 0 Å². The van der Waals surface area contributed by atoms with E-state index in [0.717, 1.165) is 0 Å². The zero-order chi connectivity index (χ0) is 16.4. The van der Waals surface area contributed by atoms with Gasteiger partial charge in [0.15, 0.2) is 0 Å². The summed E-state index contributed by atoms with van der Waals surface area (Å²) < 4.78 is 5.81. The van der Waals surface area contributed by atoms with Crippen molar-refractivity contribution in [2.75, 3.05) is 0 Å². The van der Waals surface area contributed by atoms with Crippen LogP contribution in [0.25, 0.3) is 10.4 Å². The molecule has 0 unspecified atom stereocenters. The predicted octanol–water partition coefficient (Wildman–Crippen LogP) is -14.1. The van der Waals surface area contributed by atoms with Crippen molar-refractivity contribution >= 4 is 0 Å². The van der Waals surface area contributed by atoms with Crippen molar-refractivity contribution in [3.8, 4) is 35.7 Å². The fourth-order valence-corrected chi connectivity index (χ4v) is 5.11. The van der Waals surface area contributed by atoms with Crippen LogP contribution in [0.4, 0.5) is 0 Å². The van der Waals surface area contributed by atoms with Crippen molar-refractivity contribution < 1.29 is 267 Å². The van der Waals surface area contributed by atoms with Crippen molar-refractivity contribution in [1.29, 1.82) is 42.1 Å². The summed E-state index contributed by atoms with van der Waals surface area (Å²) in [5, 5.41) is 74.8. The van der Waals surface area contributed by atoms with E-state index in [9.17, 15) is 42.1 Å². The zero-order valence-electron chi connectivity index (χ0n) is 14.3. The molecule has 0 aliphatic heterocycles. The van der Waals surface area contributed by atoms with E-state index in [1.54, 1.807) is 0 Å². The van der Waals surface area contributed by atoms with Crippen LogP contribution in [-0.4, -0.2) is 0 Å². The standard InChI is InChI=1S/8CN.5K.Mo.N3/c8*1-2;;;;;;;1-3-2/q;;;;;;;;5*+1;-4;-1. The number of nitriles is 8. The summed E-state index contributed by atoms with van der Waals surface area (Å²) in [4.78, 5) is 1.85. The van der Waals surface area contributed by atoms with Crippen LogP contribution in [0.3, 0.4) is 0 Å². The molecule has 0 aliphatic carbocycles. The third kappa shape index (κ3) is 3.22. The Bertz CT molecular complexity index is 854. The quantitative estimate of drug-likeness (QED) is 0.133.